The summed E-state index contributed by atoms with van der Waals surface area (Å²) >= 11 is 1.28. The topological polar surface area (TPSA) is 85.1 Å². The Balaban J connectivity index is 1.78. The second kappa shape index (κ2) is 8.08. The van der Waals surface area contributed by atoms with Crippen molar-refractivity contribution in [2.24, 2.45) is 5.73 Å². The van der Waals surface area contributed by atoms with Crippen molar-refractivity contribution in [3.8, 4) is 21.8 Å². The lowest BCUT2D eigenvalue weighted by atomic mass is 10.1. The van der Waals surface area contributed by atoms with Crippen LogP contribution in [-0.4, -0.2) is 16.8 Å². The molecule has 0 atom stereocenters. The summed E-state index contributed by atoms with van der Waals surface area (Å²) in [5.41, 5.74) is 8.69. The average Bonchev–Trinajstić information content (AvgIpc) is 3.21. The van der Waals surface area contributed by atoms with Crippen LogP contribution >= 0.6 is 11.3 Å². The number of hydrogen-bond donors (Lipinski definition) is 2. The van der Waals surface area contributed by atoms with Crippen LogP contribution in [0.15, 0.2) is 84.9 Å². The number of rotatable bonds is 5. The molecule has 1 heterocycles. The van der Waals surface area contributed by atoms with Gasteiger partial charge >= 0.3 is 0 Å². The Labute approximate surface area is 171 Å². The zero-order chi connectivity index (χ0) is 20.2. The predicted octanol–water partition coefficient (Wildman–Crippen LogP) is 4.83. The van der Waals surface area contributed by atoms with Crippen molar-refractivity contribution in [1.82, 2.24) is 4.98 Å². The van der Waals surface area contributed by atoms with E-state index in [9.17, 15) is 9.59 Å². The van der Waals surface area contributed by atoms with Crippen molar-refractivity contribution in [2.45, 2.75) is 0 Å². The number of primary amides is 1. The zero-order valence-electron chi connectivity index (χ0n) is 15.3. The standard InChI is InChI=1S/C23H17N3O2S/c24-21(27)16-10-7-11-17(14-16)23-26-19(15-8-3-1-4-9-15)20(29-23)22(28)25-18-12-5-2-6-13-18/h1-14H,(H2,24,27)(H,25,28). The fraction of sp³-hybridized carbons (Fsp3) is 0. The summed E-state index contributed by atoms with van der Waals surface area (Å²) in [7, 11) is 0. The maximum Gasteiger partial charge on any atom is 0.268 e. The van der Waals surface area contributed by atoms with Gasteiger partial charge in [0.05, 0.1) is 5.69 Å². The third-order valence-electron chi connectivity index (χ3n) is 4.31. The van der Waals surface area contributed by atoms with Crippen molar-refractivity contribution in [1.29, 1.82) is 0 Å². The molecule has 0 fully saturated rings. The molecular formula is C23H17N3O2S. The van der Waals surface area contributed by atoms with E-state index in [0.29, 0.717) is 26.8 Å². The van der Waals surface area contributed by atoms with Gasteiger partial charge in [-0.2, -0.15) is 0 Å². The number of anilines is 1. The highest BCUT2D eigenvalue weighted by Gasteiger charge is 2.20. The Bertz CT molecular complexity index is 1170. The van der Waals surface area contributed by atoms with Gasteiger partial charge < -0.3 is 11.1 Å². The molecule has 0 aliphatic rings. The number of carbonyl (C=O) groups excluding carboxylic acids is 2. The largest absolute Gasteiger partial charge is 0.366 e. The predicted molar refractivity (Wildman–Crippen MR) is 116 cm³/mol. The molecular weight excluding hydrogens is 382 g/mol. The molecule has 0 spiro atoms. The molecule has 0 radical (unpaired) electrons. The molecule has 29 heavy (non-hydrogen) atoms. The van der Waals surface area contributed by atoms with E-state index in [4.69, 9.17) is 10.7 Å². The Hall–Kier alpha value is -3.77. The molecule has 3 N–H and O–H groups in total. The van der Waals surface area contributed by atoms with Crippen molar-refractivity contribution >= 4 is 28.8 Å². The van der Waals surface area contributed by atoms with Crippen molar-refractivity contribution in [3.63, 3.8) is 0 Å². The van der Waals surface area contributed by atoms with E-state index in [1.807, 2.05) is 66.7 Å². The first-order valence-corrected chi connectivity index (χ1v) is 9.76. The number of nitrogens with one attached hydrogen (secondary N) is 1. The number of nitrogens with two attached hydrogens (primary N) is 1. The summed E-state index contributed by atoms with van der Waals surface area (Å²) in [6.07, 6.45) is 0. The summed E-state index contributed by atoms with van der Waals surface area (Å²) in [6, 6.07) is 25.8. The van der Waals surface area contributed by atoms with E-state index in [0.717, 1.165) is 11.1 Å². The van der Waals surface area contributed by atoms with Gasteiger partial charge in [0.15, 0.2) is 0 Å². The number of amides is 2. The van der Waals surface area contributed by atoms with Crippen LogP contribution in [0, 0.1) is 0 Å². The summed E-state index contributed by atoms with van der Waals surface area (Å²) in [5, 5.41) is 3.56. The van der Waals surface area contributed by atoms with Crippen molar-refractivity contribution in [3.05, 3.63) is 95.4 Å². The minimum atomic E-state index is -0.506. The second-order valence-corrected chi connectivity index (χ2v) is 7.33. The fourth-order valence-electron chi connectivity index (χ4n) is 2.90. The highest BCUT2D eigenvalue weighted by atomic mass is 32.1. The number of hydrogen-bond acceptors (Lipinski definition) is 4. The Morgan fingerprint density at radius 2 is 1.48 bits per heavy atom. The van der Waals surface area contributed by atoms with Crippen LogP contribution < -0.4 is 11.1 Å². The zero-order valence-corrected chi connectivity index (χ0v) is 16.1. The smallest absolute Gasteiger partial charge is 0.268 e. The Morgan fingerprint density at radius 3 is 2.17 bits per heavy atom. The van der Waals surface area contributed by atoms with Gasteiger partial charge in [-0.05, 0) is 24.3 Å². The molecule has 0 aliphatic carbocycles. The van der Waals surface area contributed by atoms with E-state index in [1.54, 1.807) is 18.2 Å². The van der Waals surface area contributed by atoms with Gasteiger partial charge in [-0.25, -0.2) is 4.98 Å². The van der Waals surface area contributed by atoms with Crippen LogP contribution in [0.25, 0.3) is 21.8 Å². The second-order valence-electron chi connectivity index (χ2n) is 6.33. The molecule has 0 unspecified atom stereocenters. The van der Waals surface area contributed by atoms with Crippen LogP contribution in [0.3, 0.4) is 0 Å². The molecule has 0 bridgehead atoms. The molecule has 2 amide bonds. The van der Waals surface area contributed by atoms with Crippen LogP contribution in [-0.2, 0) is 0 Å². The first-order valence-electron chi connectivity index (χ1n) is 8.95. The number of para-hydroxylation sites is 1. The first-order chi connectivity index (χ1) is 14.1. The van der Waals surface area contributed by atoms with Crippen LogP contribution in [0.2, 0.25) is 0 Å². The SMILES string of the molecule is NC(=O)c1cccc(-c2nc(-c3ccccc3)c(C(=O)Nc3ccccc3)s2)c1. The van der Waals surface area contributed by atoms with E-state index in [2.05, 4.69) is 5.32 Å². The lowest BCUT2D eigenvalue weighted by Gasteiger charge is -2.05. The summed E-state index contributed by atoms with van der Waals surface area (Å²) in [6.45, 7) is 0. The first kappa shape index (κ1) is 18.6. The molecule has 5 nitrogen and oxygen atoms in total. The lowest BCUT2D eigenvalue weighted by molar-refractivity contribution is 0.0998. The van der Waals surface area contributed by atoms with Crippen LogP contribution in [0.1, 0.15) is 20.0 Å². The number of benzene rings is 3. The van der Waals surface area contributed by atoms with Crippen molar-refractivity contribution < 1.29 is 9.59 Å². The molecule has 6 heteroatoms. The van der Waals surface area contributed by atoms with E-state index >= 15 is 0 Å². The number of thiazole rings is 1. The van der Waals surface area contributed by atoms with Gasteiger partial charge in [-0.3, -0.25) is 9.59 Å². The Kier molecular flexibility index (Phi) is 5.18. The third kappa shape index (κ3) is 4.07. The quantitative estimate of drug-likeness (QED) is 0.504. The fourth-order valence-corrected chi connectivity index (χ4v) is 3.88. The minimum Gasteiger partial charge on any atom is -0.366 e. The van der Waals surface area contributed by atoms with E-state index in [-0.39, 0.29) is 5.91 Å². The maximum atomic E-state index is 13.0. The molecule has 0 aliphatic heterocycles. The summed E-state index contributed by atoms with van der Waals surface area (Å²) in [5.74, 6) is -0.737. The normalized spacial score (nSPS) is 10.5. The van der Waals surface area contributed by atoms with Crippen molar-refractivity contribution in [2.75, 3.05) is 5.32 Å². The van der Waals surface area contributed by atoms with Gasteiger partial charge in [-0.1, -0.05) is 60.7 Å². The monoisotopic (exact) mass is 399 g/mol. The molecule has 3 aromatic carbocycles. The lowest BCUT2D eigenvalue weighted by Crippen LogP contribution is -2.11. The van der Waals surface area contributed by atoms with E-state index < -0.39 is 5.91 Å². The van der Waals surface area contributed by atoms with Gasteiger partial charge in [0.2, 0.25) is 5.91 Å². The van der Waals surface area contributed by atoms with Crippen LogP contribution in [0.4, 0.5) is 5.69 Å². The average molecular weight is 399 g/mol. The highest BCUT2D eigenvalue weighted by Crippen LogP contribution is 2.34. The van der Waals surface area contributed by atoms with Gasteiger partial charge in [0.25, 0.3) is 5.91 Å². The molecule has 4 aromatic rings. The van der Waals surface area contributed by atoms with Crippen LogP contribution in [0.5, 0.6) is 0 Å². The number of aromatic nitrogens is 1. The van der Waals surface area contributed by atoms with E-state index in [1.165, 1.54) is 11.3 Å². The van der Waals surface area contributed by atoms with Gasteiger partial charge in [0.1, 0.15) is 9.88 Å². The molecule has 0 saturated carbocycles. The third-order valence-corrected chi connectivity index (χ3v) is 5.41. The molecule has 1 aromatic heterocycles. The van der Waals surface area contributed by atoms with Gasteiger partial charge in [0, 0.05) is 22.4 Å². The summed E-state index contributed by atoms with van der Waals surface area (Å²) < 4.78 is 0. The summed E-state index contributed by atoms with van der Waals surface area (Å²) in [4.78, 5) is 29.8. The molecule has 142 valence electrons. The number of carbonyl (C=O) groups is 2. The minimum absolute atomic E-state index is 0.232. The number of nitrogens with zero attached hydrogens (tertiary/aromatic N) is 1. The highest BCUT2D eigenvalue weighted by molar-refractivity contribution is 7.17. The molecule has 4 rings (SSSR count). The van der Waals surface area contributed by atoms with Gasteiger partial charge in [-0.15, -0.1) is 11.3 Å². The maximum absolute atomic E-state index is 13.0. The Morgan fingerprint density at radius 1 is 0.828 bits per heavy atom. The molecule has 0 saturated heterocycles.